The molecule has 0 saturated carbocycles. The van der Waals surface area contributed by atoms with E-state index in [0.717, 1.165) is 0 Å². The van der Waals surface area contributed by atoms with Gasteiger partial charge in [-0.05, 0) is 31.0 Å². The fourth-order valence-electron chi connectivity index (χ4n) is 2.94. The molecule has 1 aromatic heterocycles. The van der Waals surface area contributed by atoms with Crippen LogP contribution < -0.4 is 21.7 Å². The quantitative estimate of drug-likeness (QED) is 0.166. The third-order valence-corrected chi connectivity index (χ3v) is 4.89. The molecule has 1 aromatic carbocycles. The predicted molar refractivity (Wildman–Crippen MR) is 118 cm³/mol. The molecule has 0 spiro atoms. The Kier molecular flexibility index (Phi) is 9.52. The molecule has 34 heavy (non-hydrogen) atoms. The molecule has 3 amide bonds. The zero-order chi connectivity index (χ0) is 25.3. The number of H-pyrrole nitrogens is 1. The smallest absolute Gasteiger partial charge is 0.326 e. The van der Waals surface area contributed by atoms with Crippen LogP contribution in [0.3, 0.4) is 0 Å². The number of aliphatic carboxylic acids is 1. The van der Waals surface area contributed by atoms with E-state index in [0.29, 0.717) is 11.3 Å². The molecule has 1 heterocycles. The number of nitrogens with one attached hydrogen (secondary N) is 4. The van der Waals surface area contributed by atoms with Gasteiger partial charge < -0.3 is 42.0 Å². The van der Waals surface area contributed by atoms with Gasteiger partial charge in [-0.25, -0.2) is 9.78 Å². The van der Waals surface area contributed by atoms with Gasteiger partial charge in [0.1, 0.15) is 23.9 Å². The number of aliphatic hydroxyl groups excluding tert-OH is 1. The van der Waals surface area contributed by atoms with Gasteiger partial charge in [0, 0.05) is 18.3 Å². The summed E-state index contributed by atoms with van der Waals surface area (Å²) in [5.41, 5.74) is 7.05. The standard InChI is InChI=1S/C21H28N6O7/c1-11(25-19(31)15(22)6-12-2-4-14(29)5-3-12)18(30)27-17(9-28)20(32)26-16(21(33)34)7-13-8-23-10-24-13/h2-5,8,10-11,15-17,28-29H,6-7,9,22H2,1H3,(H,23,24)(H,25,31)(H,26,32)(H,27,30)(H,33,34)/t11-,15-,16-,17-/m0/s1. The fourth-order valence-corrected chi connectivity index (χ4v) is 2.94. The molecule has 2 rings (SSSR count). The molecule has 0 bridgehead atoms. The molecule has 4 atom stereocenters. The number of aromatic hydroxyl groups is 1. The highest BCUT2D eigenvalue weighted by molar-refractivity contribution is 5.94. The van der Waals surface area contributed by atoms with Crippen LogP contribution in [0.15, 0.2) is 36.8 Å². The Labute approximate surface area is 194 Å². The van der Waals surface area contributed by atoms with Crippen LogP contribution in [0.5, 0.6) is 5.75 Å². The first kappa shape index (κ1) is 26.3. The van der Waals surface area contributed by atoms with Gasteiger partial charge in [0.2, 0.25) is 17.7 Å². The van der Waals surface area contributed by atoms with E-state index in [4.69, 9.17) is 5.73 Å². The maximum atomic E-state index is 12.4. The number of aromatic amines is 1. The molecular formula is C21H28N6O7. The monoisotopic (exact) mass is 476 g/mol. The number of carboxylic acids is 1. The van der Waals surface area contributed by atoms with Gasteiger partial charge >= 0.3 is 5.97 Å². The first-order valence-corrected chi connectivity index (χ1v) is 10.4. The number of aromatic nitrogens is 2. The number of phenols is 1. The Morgan fingerprint density at radius 1 is 1.00 bits per heavy atom. The second kappa shape index (κ2) is 12.3. The molecule has 13 nitrogen and oxygen atoms in total. The van der Waals surface area contributed by atoms with E-state index in [1.54, 1.807) is 12.1 Å². The summed E-state index contributed by atoms with van der Waals surface area (Å²) in [6.45, 7) is 0.570. The summed E-state index contributed by atoms with van der Waals surface area (Å²) in [4.78, 5) is 55.2. The second-order valence-corrected chi connectivity index (χ2v) is 7.63. The van der Waals surface area contributed by atoms with E-state index in [1.807, 2.05) is 0 Å². The lowest BCUT2D eigenvalue weighted by atomic mass is 10.1. The predicted octanol–water partition coefficient (Wildman–Crippen LogP) is -2.22. The number of carbonyl (C=O) groups excluding carboxylic acids is 3. The van der Waals surface area contributed by atoms with Gasteiger partial charge in [0.05, 0.1) is 19.0 Å². The maximum absolute atomic E-state index is 12.4. The highest BCUT2D eigenvalue weighted by atomic mass is 16.4. The number of amides is 3. The largest absolute Gasteiger partial charge is 0.508 e. The minimum absolute atomic E-state index is 0.0746. The van der Waals surface area contributed by atoms with E-state index in [1.165, 1.54) is 31.6 Å². The number of nitrogens with two attached hydrogens (primary N) is 1. The molecule has 0 aliphatic heterocycles. The van der Waals surface area contributed by atoms with Crippen LogP contribution >= 0.6 is 0 Å². The topological polar surface area (TPSA) is 220 Å². The number of phenolic OH excluding ortho intramolecular Hbond substituents is 1. The molecule has 13 heteroatoms. The molecule has 0 fully saturated rings. The second-order valence-electron chi connectivity index (χ2n) is 7.63. The van der Waals surface area contributed by atoms with Crippen LogP contribution in [0.4, 0.5) is 0 Å². The number of carboxylic acid groups (broad SMARTS) is 1. The molecule has 0 radical (unpaired) electrons. The normalized spacial score (nSPS) is 14.3. The Bertz CT molecular complexity index is 980. The first-order chi connectivity index (χ1) is 16.1. The number of nitrogens with zero attached hydrogens (tertiary/aromatic N) is 1. The van der Waals surface area contributed by atoms with E-state index >= 15 is 0 Å². The SMILES string of the molecule is C[C@H](NC(=O)[C@@H](N)Cc1ccc(O)cc1)C(=O)N[C@@H](CO)C(=O)N[C@@H](Cc1cnc[nH]1)C(=O)O. The molecule has 2 aromatic rings. The summed E-state index contributed by atoms with van der Waals surface area (Å²) in [6, 6.07) is 1.30. The summed E-state index contributed by atoms with van der Waals surface area (Å²) in [7, 11) is 0. The third kappa shape index (κ3) is 7.86. The van der Waals surface area contributed by atoms with E-state index in [2.05, 4.69) is 25.9 Å². The average Bonchev–Trinajstić information content (AvgIpc) is 3.31. The molecular weight excluding hydrogens is 448 g/mol. The van der Waals surface area contributed by atoms with Crippen molar-refractivity contribution in [2.45, 2.75) is 43.9 Å². The van der Waals surface area contributed by atoms with Gasteiger partial charge in [-0.2, -0.15) is 0 Å². The third-order valence-electron chi connectivity index (χ3n) is 4.89. The zero-order valence-corrected chi connectivity index (χ0v) is 18.4. The summed E-state index contributed by atoms with van der Waals surface area (Å²) < 4.78 is 0. The molecule has 0 aliphatic carbocycles. The zero-order valence-electron chi connectivity index (χ0n) is 18.4. The van der Waals surface area contributed by atoms with Crippen LogP contribution in [-0.4, -0.2) is 79.8 Å². The van der Waals surface area contributed by atoms with Crippen molar-refractivity contribution < 1.29 is 34.5 Å². The van der Waals surface area contributed by atoms with Gasteiger partial charge in [0.15, 0.2) is 0 Å². The fraction of sp³-hybridized carbons (Fsp3) is 0.381. The number of aliphatic hydroxyl groups is 1. The summed E-state index contributed by atoms with van der Waals surface area (Å²) in [5, 5.41) is 35.1. The molecule has 0 saturated heterocycles. The number of hydrogen-bond donors (Lipinski definition) is 8. The van der Waals surface area contributed by atoms with Crippen LogP contribution in [0.2, 0.25) is 0 Å². The van der Waals surface area contributed by atoms with Crippen molar-refractivity contribution in [1.82, 2.24) is 25.9 Å². The van der Waals surface area contributed by atoms with Crippen LogP contribution in [0.1, 0.15) is 18.2 Å². The van der Waals surface area contributed by atoms with Crippen molar-refractivity contribution in [1.29, 1.82) is 0 Å². The van der Waals surface area contributed by atoms with Crippen LogP contribution in [0.25, 0.3) is 0 Å². The van der Waals surface area contributed by atoms with Gasteiger partial charge in [-0.15, -0.1) is 0 Å². The summed E-state index contributed by atoms with van der Waals surface area (Å²) in [6.07, 6.45) is 2.84. The maximum Gasteiger partial charge on any atom is 0.326 e. The summed E-state index contributed by atoms with van der Waals surface area (Å²) >= 11 is 0. The number of benzene rings is 1. The lowest BCUT2D eigenvalue weighted by Crippen LogP contribution is -2.57. The molecule has 184 valence electrons. The lowest BCUT2D eigenvalue weighted by molar-refractivity contribution is -0.142. The highest BCUT2D eigenvalue weighted by Crippen LogP contribution is 2.11. The first-order valence-electron chi connectivity index (χ1n) is 10.4. The van der Waals surface area contributed by atoms with Crippen molar-refractivity contribution in [2.75, 3.05) is 6.61 Å². The van der Waals surface area contributed by atoms with Crippen molar-refractivity contribution >= 4 is 23.7 Å². The molecule has 0 unspecified atom stereocenters. The Morgan fingerprint density at radius 2 is 1.65 bits per heavy atom. The minimum atomic E-state index is -1.44. The van der Waals surface area contributed by atoms with Crippen LogP contribution in [0, 0.1) is 0 Å². The van der Waals surface area contributed by atoms with E-state index in [9.17, 15) is 34.5 Å². The van der Waals surface area contributed by atoms with Crippen LogP contribution in [-0.2, 0) is 32.0 Å². The van der Waals surface area contributed by atoms with E-state index in [-0.39, 0.29) is 18.6 Å². The van der Waals surface area contributed by atoms with Crippen molar-refractivity contribution in [3.05, 3.63) is 48.0 Å². The Balaban J connectivity index is 1.89. The van der Waals surface area contributed by atoms with E-state index < -0.39 is 54.5 Å². The lowest BCUT2D eigenvalue weighted by Gasteiger charge is -2.22. The van der Waals surface area contributed by atoms with Crippen molar-refractivity contribution in [2.24, 2.45) is 5.73 Å². The number of carbonyl (C=O) groups is 4. The number of rotatable bonds is 12. The van der Waals surface area contributed by atoms with Crippen molar-refractivity contribution in [3.63, 3.8) is 0 Å². The van der Waals surface area contributed by atoms with Crippen molar-refractivity contribution in [3.8, 4) is 5.75 Å². The minimum Gasteiger partial charge on any atom is -0.508 e. The van der Waals surface area contributed by atoms with Gasteiger partial charge in [-0.1, -0.05) is 12.1 Å². The number of hydrogen-bond acceptors (Lipinski definition) is 8. The molecule has 9 N–H and O–H groups in total. The average molecular weight is 476 g/mol. The highest BCUT2D eigenvalue weighted by Gasteiger charge is 2.28. The van der Waals surface area contributed by atoms with Gasteiger partial charge in [-0.3, -0.25) is 14.4 Å². The summed E-state index contributed by atoms with van der Waals surface area (Å²) in [5.74, 6) is -3.55. The number of imidazole rings is 1. The Hall–Kier alpha value is -3.97. The van der Waals surface area contributed by atoms with Gasteiger partial charge in [0.25, 0.3) is 0 Å². The Morgan fingerprint density at radius 3 is 2.21 bits per heavy atom. The molecule has 0 aliphatic rings.